The molecule has 0 fully saturated rings. The van der Waals surface area contributed by atoms with Crippen molar-refractivity contribution in [3.05, 3.63) is 23.3 Å². The summed E-state index contributed by atoms with van der Waals surface area (Å²) in [6.45, 7) is 2.15. The van der Waals surface area contributed by atoms with Gasteiger partial charge in [-0.2, -0.15) is 0 Å². The molecule has 2 rings (SSSR count). The molecule has 0 aromatic heterocycles. The Kier molecular flexibility index (Phi) is 2.54. The van der Waals surface area contributed by atoms with Gasteiger partial charge in [-0.1, -0.05) is 24.1 Å². The molecule has 72 valence electrons. The Bertz CT molecular complexity index is 248. The van der Waals surface area contributed by atoms with Crippen LogP contribution in [0.15, 0.2) is 23.3 Å². The molecule has 2 N–H and O–H groups in total. The van der Waals surface area contributed by atoms with Gasteiger partial charge in [-0.05, 0) is 44.1 Å². The van der Waals surface area contributed by atoms with Gasteiger partial charge in [0.1, 0.15) is 0 Å². The summed E-state index contributed by atoms with van der Waals surface area (Å²) in [7, 11) is 0. The van der Waals surface area contributed by atoms with Crippen molar-refractivity contribution in [1.82, 2.24) is 0 Å². The lowest BCUT2D eigenvalue weighted by Crippen LogP contribution is -2.27. The van der Waals surface area contributed by atoms with Crippen molar-refractivity contribution < 1.29 is 0 Å². The van der Waals surface area contributed by atoms with Crippen LogP contribution in [0.3, 0.4) is 0 Å². The second kappa shape index (κ2) is 3.67. The van der Waals surface area contributed by atoms with Crippen LogP contribution in [0, 0.1) is 5.92 Å². The molecule has 2 aliphatic carbocycles. The minimum Gasteiger partial charge on any atom is -0.327 e. The molecule has 2 atom stereocenters. The maximum absolute atomic E-state index is 6.03. The van der Waals surface area contributed by atoms with Gasteiger partial charge in [0.05, 0.1) is 0 Å². The average Bonchev–Trinajstić information content (AvgIpc) is 2.44. The highest BCUT2D eigenvalue weighted by Crippen LogP contribution is 2.36. The predicted molar refractivity (Wildman–Crippen MR) is 56.4 cm³/mol. The third-order valence-electron chi connectivity index (χ3n) is 3.36. The minimum absolute atomic E-state index is 0.336. The first kappa shape index (κ1) is 9.01. The van der Waals surface area contributed by atoms with Crippen LogP contribution in [-0.2, 0) is 0 Å². The molecule has 13 heavy (non-hydrogen) atoms. The Balaban J connectivity index is 2.22. The van der Waals surface area contributed by atoms with Crippen LogP contribution in [0.4, 0.5) is 0 Å². The zero-order chi connectivity index (χ0) is 9.26. The van der Waals surface area contributed by atoms with Crippen molar-refractivity contribution in [3.8, 4) is 0 Å². The molecule has 0 unspecified atom stereocenters. The largest absolute Gasteiger partial charge is 0.327 e. The number of hydrogen-bond donors (Lipinski definition) is 1. The van der Waals surface area contributed by atoms with E-state index >= 15 is 0 Å². The maximum Gasteiger partial charge on any atom is 0.00763 e. The van der Waals surface area contributed by atoms with Crippen molar-refractivity contribution in [2.45, 2.75) is 45.1 Å². The fraction of sp³-hybridized carbons (Fsp3) is 0.667. The van der Waals surface area contributed by atoms with Gasteiger partial charge >= 0.3 is 0 Å². The first-order chi connectivity index (χ1) is 6.29. The molecule has 0 bridgehead atoms. The summed E-state index contributed by atoms with van der Waals surface area (Å²) in [6, 6.07) is 0.336. The Morgan fingerprint density at radius 1 is 1.46 bits per heavy atom. The molecule has 0 heterocycles. The summed E-state index contributed by atoms with van der Waals surface area (Å²) in [4.78, 5) is 0. The fourth-order valence-corrected chi connectivity index (χ4v) is 2.63. The molecule has 0 aromatic carbocycles. The second-order valence-electron chi connectivity index (χ2n) is 4.37. The third kappa shape index (κ3) is 1.71. The topological polar surface area (TPSA) is 26.0 Å². The molecule has 0 aromatic rings. The number of allylic oxidation sites excluding steroid dienone is 3. The molecule has 0 radical (unpaired) electrons. The van der Waals surface area contributed by atoms with Crippen molar-refractivity contribution in [3.63, 3.8) is 0 Å². The lowest BCUT2D eigenvalue weighted by atomic mass is 9.87. The Hall–Kier alpha value is -0.560. The second-order valence-corrected chi connectivity index (χ2v) is 4.37. The first-order valence-electron chi connectivity index (χ1n) is 5.43. The van der Waals surface area contributed by atoms with Crippen LogP contribution in [0.25, 0.3) is 0 Å². The van der Waals surface area contributed by atoms with Gasteiger partial charge < -0.3 is 5.73 Å². The van der Waals surface area contributed by atoms with Crippen LogP contribution in [0.1, 0.15) is 39.0 Å². The summed E-state index contributed by atoms with van der Waals surface area (Å²) in [6.07, 6.45) is 11.1. The van der Waals surface area contributed by atoms with Crippen molar-refractivity contribution in [2.24, 2.45) is 11.7 Å². The first-order valence-corrected chi connectivity index (χ1v) is 5.43. The molecule has 0 saturated heterocycles. The third-order valence-corrected chi connectivity index (χ3v) is 3.36. The van der Waals surface area contributed by atoms with Crippen LogP contribution >= 0.6 is 0 Å². The van der Waals surface area contributed by atoms with Crippen LogP contribution in [0.5, 0.6) is 0 Å². The van der Waals surface area contributed by atoms with Gasteiger partial charge in [0.2, 0.25) is 0 Å². The summed E-state index contributed by atoms with van der Waals surface area (Å²) >= 11 is 0. The molecule has 1 nitrogen and oxygen atoms in total. The minimum atomic E-state index is 0.336. The quantitative estimate of drug-likeness (QED) is 0.655. The summed E-state index contributed by atoms with van der Waals surface area (Å²) in [5, 5.41) is 0. The van der Waals surface area contributed by atoms with Crippen molar-refractivity contribution in [1.29, 1.82) is 0 Å². The monoisotopic (exact) mass is 177 g/mol. The van der Waals surface area contributed by atoms with E-state index in [9.17, 15) is 0 Å². The normalized spacial score (nSPS) is 30.2. The molecule has 0 spiro atoms. The number of rotatable bonds is 1. The molecular formula is C12H19N. The highest BCUT2D eigenvalue weighted by atomic mass is 14.6. The lowest BCUT2D eigenvalue weighted by Gasteiger charge is -2.21. The van der Waals surface area contributed by atoms with Gasteiger partial charge in [0.25, 0.3) is 0 Å². The van der Waals surface area contributed by atoms with Crippen LogP contribution in [-0.4, -0.2) is 6.04 Å². The molecular weight excluding hydrogens is 158 g/mol. The van der Waals surface area contributed by atoms with E-state index in [1.54, 1.807) is 11.1 Å². The van der Waals surface area contributed by atoms with Gasteiger partial charge in [-0.25, -0.2) is 0 Å². The maximum atomic E-state index is 6.03. The Labute approximate surface area is 80.7 Å². The zero-order valence-corrected chi connectivity index (χ0v) is 8.42. The highest BCUT2D eigenvalue weighted by Gasteiger charge is 2.24. The van der Waals surface area contributed by atoms with E-state index < -0.39 is 0 Å². The van der Waals surface area contributed by atoms with E-state index in [1.807, 2.05) is 0 Å². The SMILES string of the molecule is C[C@@H](N)[C@H]1CCCCC2=C1CC=C2. The molecule has 1 heteroatoms. The Morgan fingerprint density at radius 3 is 3.08 bits per heavy atom. The van der Waals surface area contributed by atoms with Crippen LogP contribution < -0.4 is 5.73 Å². The van der Waals surface area contributed by atoms with Gasteiger partial charge in [-0.15, -0.1) is 0 Å². The van der Waals surface area contributed by atoms with Crippen molar-refractivity contribution >= 4 is 0 Å². The van der Waals surface area contributed by atoms with Gasteiger partial charge in [-0.3, -0.25) is 0 Å². The standard InChI is InChI=1S/C12H19N/c1-9(13)11-7-3-2-5-10-6-4-8-12(10)11/h4,6,9,11H,2-3,5,7-8,13H2,1H3/t9-,11-/m1/s1. The van der Waals surface area contributed by atoms with E-state index in [1.165, 1.54) is 32.1 Å². The molecule has 2 aliphatic rings. The number of hydrogen-bond acceptors (Lipinski definition) is 1. The Morgan fingerprint density at radius 2 is 2.31 bits per heavy atom. The molecule has 0 saturated carbocycles. The van der Waals surface area contributed by atoms with E-state index in [4.69, 9.17) is 5.73 Å². The summed E-state index contributed by atoms with van der Waals surface area (Å²) in [5.74, 6) is 0.660. The van der Waals surface area contributed by atoms with Gasteiger partial charge in [0.15, 0.2) is 0 Å². The number of nitrogens with two attached hydrogens (primary N) is 1. The molecule has 0 aliphatic heterocycles. The summed E-state index contributed by atoms with van der Waals surface area (Å²) < 4.78 is 0. The van der Waals surface area contributed by atoms with Crippen LogP contribution in [0.2, 0.25) is 0 Å². The highest BCUT2D eigenvalue weighted by molar-refractivity contribution is 5.36. The summed E-state index contributed by atoms with van der Waals surface area (Å²) in [5.41, 5.74) is 9.27. The van der Waals surface area contributed by atoms with E-state index in [0.717, 1.165) is 0 Å². The predicted octanol–water partition coefficient (Wildman–Crippen LogP) is 2.78. The van der Waals surface area contributed by atoms with E-state index in [0.29, 0.717) is 12.0 Å². The van der Waals surface area contributed by atoms with E-state index in [-0.39, 0.29) is 0 Å². The van der Waals surface area contributed by atoms with Gasteiger partial charge in [0, 0.05) is 6.04 Å². The zero-order valence-electron chi connectivity index (χ0n) is 8.42. The lowest BCUT2D eigenvalue weighted by molar-refractivity contribution is 0.459. The fourth-order valence-electron chi connectivity index (χ4n) is 2.63. The van der Waals surface area contributed by atoms with Crippen molar-refractivity contribution in [2.75, 3.05) is 0 Å². The molecule has 0 amide bonds. The smallest absolute Gasteiger partial charge is 0.00763 e. The average molecular weight is 177 g/mol. The van der Waals surface area contributed by atoms with E-state index in [2.05, 4.69) is 19.1 Å².